The molecule has 0 aromatic carbocycles. The van der Waals surface area contributed by atoms with Crippen LogP contribution in [0.3, 0.4) is 0 Å². The fourth-order valence-electron chi connectivity index (χ4n) is 2.41. The number of hydrogen-bond acceptors (Lipinski definition) is 4. The van der Waals surface area contributed by atoms with Crippen LogP contribution in [-0.2, 0) is 19.2 Å². The zero-order chi connectivity index (χ0) is 19.0. The van der Waals surface area contributed by atoms with Gasteiger partial charge in [-0.15, -0.1) is 0 Å². The van der Waals surface area contributed by atoms with Crippen molar-refractivity contribution < 1.29 is 30.8 Å². The van der Waals surface area contributed by atoms with Crippen molar-refractivity contribution >= 4 is 24.2 Å². The van der Waals surface area contributed by atoms with E-state index in [1.54, 1.807) is 7.11 Å². The normalized spacial score (nSPS) is 14.5. The highest BCUT2D eigenvalue weighted by molar-refractivity contribution is 7.90. The van der Waals surface area contributed by atoms with E-state index in [9.17, 15) is 26.4 Å². The lowest BCUT2D eigenvalue weighted by Gasteiger charge is -2.31. The van der Waals surface area contributed by atoms with Crippen molar-refractivity contribution in [3.8, 4) is 0 Å². The number of nitrogens with one attached hydrogen (secondary N) is 1. The summed E-state index contributed by atoms with van der Waals surface area (Å²) in [6.07, 6.45) is 4.87. The fraction of sp³-hybridized carbons (Fsp3) is 0.929. The quantitative estimate of drug-likeness (QED) is 0.428. The van der Waals surface area contributed by atoms with Gasteiger partial charge < -0.3 is 4.43 Å². The fourth-order valence-corrected chi connectivity index (χ4v) is 5.06. The summed E-state index contributed by atoms with van der Waals surface area (Å²) < 4.78 is 65.0. The number of hydrogen-bond donors (Lipinski definition) is 1. The number of alkyl halides is 3. The average Bonchev–Trinajstić information content (AvgIpc) is 2.44. The van der Waals surface area contributed by atoms with Gasteiger partial charge in [-0.25, -0.2) is 4.72 Å². The third-order valence-corrected chi connectivity index (χ3v) is 8.88. The standard InChI is InChI=1S/C14H28F3NO4SSi/c1-5-6-7-9-12(24(3,4)22-2)10-8-11-13(19)18-23(20,21)14(15,16)17/h12H,5-11H2,1-4H3,(H,18,19). The maximum absolute atomic E-state index is 12.2. The number of rotatable bonds is 11. The molecule has 0 radical (unpaired) electrons. The van der Waals surface area contributed by atoms with E-state index in [2.05, 4.69) is 20.0 Å². The average molecular weight is 392 g/mol. The Labute approximate surface area is 143 Å². The van der Waals surface area contributed by atoms with Gasteiger partial charge in [0.2, 0.25) is 5.91 Å². The summed E-state index contributed by atoms with van der Waals surface area (Å²) in [5.41, 5.74) is -5.20. The summed E-state index contributed by atoms with van der Waals surface area (Å²) >= 11 is 0. The smallest absolute Gasteiger partial charge is 0.420 e. The van der Waals surface area contributed by atoms with Crippen LogP contribution in [0.2, 0.25) is 18.6 Å². The van der Waals surface area contributed by atoms with Gasteiger partial charge >= 0.3 is 15.5 Å². The van der Waals surface area contributed by atoms with Crippen molar-refractivity contribution in [1.82, 2.24) is 4.72 Å². The third kappa shape index (κ3) is 7.97. The predicted molar refractivity (Wildman–Crippen MR) is 89.4 cm³/mol. The zero-order valence-electron chi connectivity index (χ0n) is 14.7. The lowest BCUT2D eigenvalue weighted by Crippen LogP contribution is -2.40. The van der Waals surface area contributed by atoms with Crippen LogP contribution in [0.15, 0.2) is 0 Å². The maximum Gasteiger partial charge on any atom is 0.516 e. The number of carbonyl (C=O) groups is 1. The molecular formula is C14H28F3NO4SSi. The lowest BCUT2D eigenvalue weighted by atomic mass is 10.1. The molecule has 10 heteroatoms. The molecule has 0 aliphatic carbocycles. The first-order valence-electron chi connectivity index (χ1n) is 8.04. The summed E-state index contributed by atoms with van der Waals surface area (Å²) in [6, 6.07) is 0. The summed E-state index contributed by atoms with van der Waals surface area (Å²) in [6.45, 7) is 6.23. The molecule has 0 rings (SSSR count). The number of carbonyl (C=O) groups excluding carboxylic acids is 1. The van der Waals surface area contributed by atoms with Crippen molar-refractivity contribution in [2.45, 2.75) is 76.0 Å². The van der Waals surface area contributed by atoms with Crippen LogP contribution in [-0.4, -0.2) is 35.3 Å². The van der Waals surface area contributed by atoms with Gasteiger partial charge in [0.1, 0.15) is 0 Å². The highest BCUT2D eigenvalue weighted by Crippen LogP contribution is 2.33. The van der Waals surface area contributed by atoms with E-state index in [4.69, 9.17) is 4.43 Å². The molecule has 1 unspecified atom stereocenters. The molecule has 0 heterocycles. The van der Waals surface area contributed by atoms with E-state index in [-0.39, 0.29) is 12.0 Å². The monoisotopic (exact) mass is 391 g/mol. The van der Waals surface area contributed by atoms with Crippen LogP contribution in [0.4, 0.5) is 13.2 Å². The first-order chi connectivity index (χ1) is 10.9. The zero-order valence-corrected chi connectivity index (χ0v) is 16.5. The molecule has 1 atom stereocenters. The molecule has 0 fully saturated rings. The van der Waals surface area contributed by atoms with Crippen LogP contribution >= 0.6 is 0 Å². The molecule has 0 saturated heterocycles. The van der Waals surface area contributed by atoms with Crippen LogP contribution < -0.4 is 4.72 Å². The summed E-state index contributed by atoms with van der Waals surface area (Å²) in [7, 11) is -5.89. The molecule has 24 heavy (non-hydrogen) atoms. The molecule has 0 aromatic heterocycles. The van der Waals surface area contributed by atoms with Crippen molar-refractivity contribution in [1.29, 1.82) is 0 Å². The Hall–Kier alpha value is -0.613. The minimum atomic E-state index is -5.61. The second-order valence-corrected chi connectivity index (χ2v) is 12.5. The van der Waals surface area contributed by atoms with Gasteiger partial charge in [-0.05, 0) is 25.1 Å². The summed E-state index contributed by atoms with van der Waals surface area (Å²) in [4.78, 5) is 11.5. The Morgan fingerprint density at radius 3 is 2.17 bits per heavy atom. The number of unbranched alkanes of at least 4 members (excludes halogenated alkanes) is 2. The van der Waals surface area contributed by atoms with Crippen molar-refractivity contribution in [3.05, 3.63) is 0 Å². The molecule has 0 bridgehead atoms. The molecule has 0 spiro atoms. The van der Waals surface area contributed by atoms with E-state index in [0.29, 0.717) is 12.8 Å². The van der Waals surface area contributed by atoms with E-state index in [0.717, 1.165) is 30.4 Å². The van der Waals surface area contributed by atoms with E-state index >= 15 is 0 Å². The van der Waals surface area contributed by atoms with Gasteiger partial charge in [-0.2, -0.15) is 21.6 Å². The largest absolute Gasteiger partial charge is 0.516 e. The molecule has 1 amide bonds. The lowest BCUT2D eigenvalue weighted by molar-refractivity contribution is -0.120. The van der Waals surface area contributed by atoms with Crippen LogP contribution in [0.5, 0.6) is 0 Å². The van der Waals surface area contributed by atoms with Crippen molar-refractivity contribution in [2.75, 3.05) is 7.11 Å². The van der Waals surface area contributed by atoms with Gasteiger partial charge in [0, 0.05) is 13.5 Å². The summed E-state index contributed by atoms with van der Waals surface area (Å²) in [5, 5.41) is 0. The second kappa shape index (κ2) is 9.76. The minimum absolute atomic E-state index is 0.256. The predicted octanol–water partition coefficient (Wildman–Crippen LogP) is 3.92. The van der Waals surface area contributed by atoms with Crippen molar-refractivity contribution in [3.63, 3.8) is 0 Å². The molecule has 0 saturated carbocycles. The van der Waals surface area contributed by atoms with E-state index < -0.39 is 29.8 Å². The Kier molecular flexibility index (Phi) is 9.51. The van der Waals surface area contributed by atoms with E-state index in [1.807, 2.05) is 0 Å². The van der Waals surface area contributed by atoms with Gasteiger partial charge in [0.25, 0.3) is 0 Å². The maximum atomic E-state index is 12.2. The Balaban J connectivity index is 4.53. The number of amides is 1. The third-order valence-electron chi connectivity index (χ3n) is 4.17. The highest BCUT2D eigenvalue weighted by atomic mass is 32.2. The molecule has 0 aliphatic heterocycles. The molecule has 0 aromatic rings. The van der Waals surface area contributed by atoms with Gasteiger partial charge in [0.15, 0.2) is 8.32 Å². The first kappa shape index (κ1) is 23.4. The molecule has 0 aliphatic rings. The second-order valence-electron chi connectivity index (χ2n) is 6.37. The molecule has 1 N–H and O–H groups in total. The Morgan fingerprint density at radius 1 is 1.17 bits per heavy atom. The van der Waals surface area contributed by atoms with E-state index in [1.165, 1.54) is 0 Å². The molecule has 5 nitrogen and oxygen atoms in total. The Bertz CT molecular complexity index is 495. The number of halogens is 3. The first-order valence-corrected chi connectivity index (χ1v) is 12.5. The van der Waals surface area contributed by atoms with Gasteiger partial charge in [0.05, 0.1) is 0 Å². The number of sulfonamides is 1. The van der Waals surface area contributed by atoms with Gasteiger partial charge in [-0.3, -0.25) is 4.79 Å². The van der Waals surface area contributed by atoms with Crippen LogP contribution in [0.1, 0.15) is 51.9 Å². The SMILES string of the molecule is CCCCCC(CCCC(=O)NS(=O)(=O)C(F)(F)F)[Si](C)(C)OC. The van der Waals surface area contributed by atoms with Gasteiger partial charge in [-0.1, -0.05) is 39.0 Å². The molecule has 144 valence electrons. The van der Waals surface area contributed by atoms with Crippen molar-refractivity contribution in [2.24, 2.45) is 0 Å². The Morgan fingerprint density at radius 2 is 1.71 bits per heavy atom. The minimum Gasteiger partial charge on any atom is -0.420 e. The molecular weight excluding hydrogens is 363 g/mol. The van der Waals surface area contributed by atoms with Crippen LogP contribution in [0.25, 0.3) is 0 Å². The van der Waals surface area contributed by atoms with Crippen LogP contribution in [0, 0.1) is 0 Å². The highest BCUT2D eigenvalue weighted by Gasteiger charge is 2.46. The summed E-state index contributed by atoms with van der Waals surface area (Å²) in [5.74, 6) is -1.13. The topological polar surface area (TPSA) is 72.5 Å².